The van der Waals surface area contributed by atoms with Crippen molar-refractivity contribution in [1.82, 2.24) is 9.80 Å². The molecular weight excluding hydrogens is 242 g/mol. The second kappa shape index (κ2) is 7.22. The summed E-state index contributed by atoms with van der Waals surface area (Å²) in [6.45, 7) is 7.50. The lowest BCUT2D eigenvalue weighted by atomic mass is 10.1. The molecule has 0 aromatic carbocycles. The van der Waals surface area contributed by atoms with E-state index in [-0.39, 0.29) is 6.04 Å². The lowest BCUT2D eigenvalue weighted by molar-refractivity contribution is -0.130. The fourth-order valence-electron chi connectivity index (χ4n) is 2.94. The lowest BCUT2D eigenvalue weighted by Crippen LogP contribution is -2.45. The number of amides is 1. The maximum absolute atomic E-state index is 12.1. The Morgan fingerprint density at radius 3 is 2.79 bits per heavy atom. The van der Waals surface area contributed by atoms with Crippen LogP contribution in [0.3, 0.4) is 0 Å². The van der Waals surface area contributed by atoms with E-state index in [2.05, 4.69) is 4.90 Å². The minimum Gasteiger partial charge on any atom is -0.379 e. The highest BCUT2D eigenvalue weighted by Gasteiger charge is 2.30. The summed E-state index contributed by atoms with van der Waals surface area (Å²) in [6, 6.07) is 0.744. The van der Waals surface area contributed by atoms with Crippen molar-refractivity contribution in [3.8, 4) is 0 Å². The predicted octanol–water partition coefficient (Wildman–Crippen LogP) is 0.437. The number of likely N-dealkylation sites (tertiary alicyclic amines) is 1. The number of morpholine rings is 1. The molecule has 1 amide bonds. The Kier molecular flexibility index (Phi) is 5.60. The van der Waals surface area contributed by atoms with Crippen LogP contribution < -0.4 is 5.73 Å². The Balaban J connectivity index is 1.70. The molecule has 5 heteroatoms. The summed E-state index contributed by atoms with van der Waals surface area (Å²) in [5, 5.41) is 0. The van der Waals surface area contributed by atoms with Crippen molar-refractivity contribution < 1.29 is 9.53 Å². The monoisotopic (exact) mass is 269 g/mol. The molecule has 0 aromatic rings. The highest BCUT2D eigenvalue weighted by Crippen LogP contribution is 2.18. The van der Waals surface area contributed by atoms with Gasteiger partial charge in [0.05, 0.1) is 13.2 Å². The number of carbonyl (C=O) groups is 1. The van der Waals surface area contributed by atoms with Gasteiger partial charge < -0.3 is 15.4 Å². The molecule has 2 heterocycles. The highest BCUT2D eigenvalue weighted by atomic mass is 16.5. The van der Waals surface area contributed by atoms with Crippen molar-refractivity contribution in [2.45, 2.75) is 44.7 Å². The summed E-state index contributed by atoms with van der Waals surface area (Å²) in [5.74, 6) is 0.302. The average Bonchev–Trinajstić information content (AvgIpc) is 2.89. The van der Waals surface area contributed by atoms with Gasteiger partial charge >= 0.3 is 0 Å². The first-order valence-electron chi connectivity index (χ1n) is 7.52. The van der Waals surface area contributed by atoms with E-state index in [0.717, 1.165) is 58.7 Å². The summed E-state index contributed by atoms with van der Waals surface area (Å²) in [7, 11) is 0. The molecule has 2 aliphatic rings. The van der Waals surface area contributed by atoms with E-state index in [4.69, 9.17) is 10.5 Å². The molecule has 0 saturated carbocycles. The van der Waals surface area contributed by atoms with Crippen LogP contribution in [0.5, 0.6) is 0 Å². The van der Waals surface area contributed by atoms with Crippen molar-refractivity contribution in [3.05, 3.63) is 0 Å². The summed E-state index contributed by atoms with van der Waals surface area (Å²) < 4.78 is 5.38. The van der Waals surface area contributed by atoms with Gasteiger partial charge in [-0.3, -0.25) is 9.69 Å². The molecular formula is C14H27N3O2. The van der Waals surface area contributed by atoms with E-state index < -0.39 is 0 Å². The highest BCUT2D eigenvalue weighted by molar-refractivity contribution is 5.76. The van der Waals surface area contributed by atoms with Crippen LogP contribution in [-0.2, 0) is 9.53 Å². The van der Waals surface area contributed by atoms with Gasteiger partial charge in [0, 0.05) is 44.7 Å². The van der Waals surface area contributed by atoms with Crippen LogP contribution in [0.25, 0.3) is 0 Å². The normalized spacial score (nSPS) is 26.6. The van der Waals surface area contributed by atoms with Gasteiger partial charge in [-0.2, -0.15) is 0 Å². The van der Waals surface area contributed by atoms with Crippen molar-refractivity contribution in [2.75, 3.05) is 39.4 Å². The minimum atomic E-state index is 0.201. The predicted molar refractivity (Wildman–Crippen MR) is 74.9 cm³/mol. The molecule has 0 aromatic heterocycles. The number of ether oxygens (including phenoxy) is 1. The Labute approximate surface area is 116 Å². The van der Waals surface area contributed by atoms with Gasteiger partial charge in [0.2, 0.25) is 5.91 Å². The van der Waals surface area contributed by atoms with Crippen LogP contribution in [-0.4, -0.2) is 67.2 Å². The van der Waals surface area contributed by atoms with Crippen LogP contribution in [0.4, 0.5) is 0 Å². The molecule has 0 radical (unpaired) electrons. The van der Waals surface area contributed by atoms with Crippen LogP contribution in [0.15, 0.2) is 0 Å². The van der Waals surface area contributed by atoms with E-state index in [0.29, 0.717) is 18.4 Å². The zero-order valence-electron chi connectivity index (χ0n) is 12.0. The first-order chi connectivity index (χ1) is 9.16. The fraction of sp³-hybridized carbons (Fsp3) is 0.929. The molecule has 0 aliphatic carbocycles. The molecule has 5 nitrogen and oxygen atoms in total. The Morgan fingerprint density at radius 1 is 1.37 bits per heavy atom. The Hall–Kier alpha value is -0.650. The van der Waals surface area contributed by atoms with Gasteiger partial charge in [0.15, 0.2) is 0 Å². The van der Waals surface area contributed by atoms with E-state index in [1.165, 1.54) is 0 Å². The van der Waals surface area contributed by atoms with Crippen molar-refractivity contribution in [1.29, 1.82) is 0 Å². The number of nitrogens with zero attached hydrogens (tertiary/aromatic N) is 2. The second-order valence-corrected chi connectivity index (χ2v) is 5.80. The first kappa shape index (κ1) is 14.8. The smallest absolute Gasteiger partial charge is 0.222 e. The maximum atomic E-state index is 12.1. The summed E-state index contributed by atoms with van der Waals surface area (Å²) in [4.78, 5) is 16.6. The number of hydrogen-bond acceptors (Lipinski definition) is 4. The molecule has 0 spiro atoms. The van der Waals surface area contributed by atoms with Gasteiger partial charge in [-0.25, -0.2) is 0 Å². The standard InChI is InChI=1S/C14H27N3O2/c1-12(15)3-2-4-14(18)17-6-5-13(11-17)16-7-9-19-10-8-16/h12-13H,2-11,15H2,1H3. The van der Waals surface area contributed by atoms with Crippen LogP contribution in [0.2, 0.25) is 0 Å². The third kappa shape index (κ3) is 4.44. The Bertz CT molecular complexity index is 290. The molecule has 110 valence electrons. The van der Waals surface area contributed by atoms with E-state index in [1.807, 2.05) is 11.8 Å². The topological polar surface area (TPSA) is 58.8 Å². The van der Waals surface area contributed by atoms with E-state index in [9.17, 15) is 4.79 Å². The molecule has 2 saturated heterocycles. The molecule has 2 rings (SSSR count). The minimum absolute atomic E-state index is 0.201. The molecule has 2 unspecified atom stereocenters. The number of nitrogens with two attached hydrogens (primary N) is 1. The molecule has 2 aliphatic heterocycles. The van der Waals surface area contributed by atoms with Gasteiger partial charge in [-0.15, -0.1) is 0 Å². The van der Waals surface area contributed by atoms with Crippen LogP contribution >= 0.6 is 0 Å². The van der Waals surface area contributed by atoms with Gasteiger partial charge in [-0.1, -0.05) is 0 Å². The number of hydrogen-bond donors (Lipinski definition) is 1. The number of rotatable bonds is 5. The van der Waals surface area contributed by atoms with Crippen molar-refractivity contribution in [2.24, 2.45) is 5.73 Å². The summed E-state index contributed by atoms with van der Waals surface area (Å²) in [6.07, 6.45) is 3.61. The second-order valence-electron chi connectivity index (χ2n) is 5.80. The largest absolute Gasteiger partial charge is 0.379 e. The van der Waals surface area contributed by atoms with Gasteiger partial charge in [-0.05, 0) is 26.2 Å². The lowest BCUT2D eigenvalue weighted by Gasteiger charge is -2.32. The molecule has 19 heavy (non-hydrogen) atoms. The SMILES string of the molecule is CC(N)CCCC(=O)N1CCC(N2CCOCC2)C1. The maximum Gasteiger partial charge on any atom is 0.222 e. The average molecular weight is 269 g/mol. The van der Waals surface area contributed by atoms with Crippen molar-refractivity contribution >= 4 is 5.91 Å². The molecule has 2 N–H and O–H groups in total. The quantitative estimate of drug-likeness (QED) is 0.786. The molecule has 0 bridgehead atoms. The Morgan fingerprint density at radius 2 is 2.11 bits per heavy atom. The van der Waals surface area contributed by atoms with Gasteiger partial charge in [0.25, 0.3) is 0 Å². The zero-order chi connectivity index (χ0) is 13.7. The third-order valence-electron chi connectivity index (χ3n) is 4.13. The van der Waals surface area contributed by atoms with Crippen LogP contribution in [0, 0.1) is 0 Å². The summed E-state index contributed by atoms with van der Waals surface area (Å²) in [5.41, 5.74) is 5.71. The third-order valence-corrected chi connectivity index (χ3v) is 4.13. The van der Waals surface area contributed by atoms with Crippen LogP contribution in [0.1, 0.15) is 32.6 Å². The fourth-order valence-corrected chi connectivity index (χ4v) is 2.94. The first-order valence-corrected chi connectivity index (χ1v) is 7.52. The van der Waals surface area contributed by atoms with Crippen molar-refractivity contribution in [3.63, 3.8) is 0 Å². The van der Waals surface area contributed by atoms with E-state index in [1.54, 1.807) is 0 Å². The number of carbonyl (C=O) groups excluding carboxylic acids is 1. The molecule has 2 atom stereocenters. The summed E-state index contributed by atoms with van der Waals surface area (Å²) >= 11 is 0. The van der Waals surface area contributed by atoms with E-state index >= 15 is 0 Å². The zero-order valence-corrected chi connectivity index (χ0v) is 12.0. The molecule has 2 fully saturated rings. The van der Waals surface area contributed by atoms with Gasteiger partial charge in [0.1, 0.15) is 0 Å².